The van der Waals surface area contributed by atoms with E-state index < -0.39 is 5.89 Å². The second-order valence-electron chi connectivity index (χ2n) is 21.4. The van der Waals surface area contributed by atoms with Gasteiger partial charge in [-0.2, -0.15) is 0 Å². The molecule has 0 fully saturated rings. The lowest BCUT2D eigenvalue weighted by atomic mass is 9.78. The average Bonchev–Trinajstić information content (AvgIpc) is 3.73. The van der Waals surface area contributed by atoms with Gasteiger partial charge >= 0.3 is 0 Å². The van der Waals surface area contributed by atoms with E-state index in [0.29, 0.717) is 11.4 Å². The molecule has 342 valence electrons. The quantitative estimate of drug-likeness (QED) is 0.149. The highest BCUT2D eigenvalue weighted by Gasteiger charge is 2.30. The first-order valence-electron chi connectivity index (χ1n) is 24.6. The Balaban J connectivity index is 1.34. The molecule has 0 bridgehead atoms. The number of rotatable bonds is 10. The third-order valence-corrected chi connectivity index (χ3v) is 13.9. The summed E-state index contributed by atoms with van der Waals surface area (Å²) >= 11 is 0. The molecule has 7 aromatic carbocycles. The molecular formula is C64H65N3O. The molecule has 4 nitrogen and oxygen atoms in total. The van der Waals surface area contributed by atoms with Crippen molar-refractivity contribution < 1.29 is 6.48 Å². The maximum absolute atomic E-state index is 12.6. The summed E-state index contributed by atoms with van der Waals surface area (Å²) in [5.41, 5.74) is 17.5. The molecule has 2 heterocycles. The molecule has 0 aliphatic rings. The maximum atomic E-state index is 12.6. The van der Waals surface area contributed by atoms with Gasteiger partial charge in [-0.1, -0.05) is 185 Å². The molecule has 1 N–H and O–H groups in total. The van der Waals surface area contributed by atoms with Crippen LogP contribution in [0.2, 0.25) is 0 Å². The van der Waals surface area contributed by atoms with Crippen molar-refractivity contribution in [1.29, 1.82) is 0 Å². The zero-order valence-electron chi connectivity index (χ0n) is 42.7. The van der Waals surface area contributed by atoms with Gasteiger partial charge in [-0.05, 0) is 133 Å². The third-order valence-electron chi connectivity index (χ3n) is 13.9. The Hall–Kier alpha value is -7.04. The Morgan fingerprint density at radius 1 is 0.544 bits per heavy atom. The Bertz CT molecular complexity index is 3320. The molecular weight excluding hydrogens is 827 g/mol. The van der Waals surface area contributed by atoms with Crippen LogP contribution in [0.15, 0.2) is 170 Å². The minimum Gasteiger partial charge on any atom is -0.507 e. The van der Waals surface area contributed by atoms with Gasteiger partial charge in [0.15, 0.2) is 0 Å². The molecule has 2 aromatic heterocycles. The van der Waals surface area contributed by atoms with Crippen molar-refractivity contribution in [3.05, 3.63) is 192 Å². The van der Waals surface area contributed by atoms with E-state index in [2.05, 4.69) is 231 Å². The number of aromatic nitrogens is 3. The number of nitrogens with zero attached hydrogens (tertiary/aromatic N) is 3. The summed E-state index contributed by atoms with van der Waals surface area (Å²) in [5, 5.41) is 12.6. The fraction of sp³-hybridized carbons (Fsp3) is 0.250. The largest absolute Gasteiger partial charge is 0.507 e. The standard InChI is InChI=1S/C64H65N3O/c1-12-64(10,11)50-30-31-57(53(38-50)45-22-17-14-18-23-45)67-58-25-19-24-52(59(58)66-61(67)54-39-51(62(4,5)6)40-55(60(54)68)63(7,8)9)48-34-47(43-20-15-13-16-21-43)35-49(36-48)56-37-46(32-33-65-56)44-28-26-42(27-29-44)41(2)3/h13-41,68H,12H2,1-11H3/i41D. The number of para-hydroxylation sites is 1. The number of hydrogen-bond acceptors (Lipinski definition) is 3. The minimum atomic E-state index is -0.678. The van der Waals surface area contributed by atoms with Crippen LogP contribution in [0.4, 0.5) is 0 Å². The first-order valence-corrected chi connectivity index (χ1v) is 24.1. The molecule has 0 aliphatic carbocycles. The second kappa shape index (κ2) is 17.9. The second-order valence-corrected chi connectivity index (χ2v) is 21.4. The van der Waals surface area contributed by atoms with E-state index in [4.69, 9.17) is 11.3 Å². The lowest BCUT2D eigenvalue weighted by molar-refractivity contribution is 0.446. The predicted molar refractivity (Wildman–Crippen MR) is 288 cm³/mol. The number of phenols is 1. The molecule has 9 aromatic rings. The van der Waals surface area contributed by atoms with Crippen molar-refractivity contribution in [2.45, 2.75) is 105 Å². The van der Waals surface area contributed by atoms with E-state index in [1.165, 1.54) is 5.56 Å². The van der Waals surface area contributed by atoms with Crippen molar-refractivity contribution in [2.24, 2.45) is 0 Å². The molecule has 0 spiro atoms. The number of hydrogen-bond donors (Lipinski definition) is 1. The summed E-state index contributed by atoms with van der Waals surface area (Å²) in [6.45, 7) is 23.9. The Morgan fingerprint density at radius 3 is 1.82 bits per heavy atom. The van der Waals surface area contributed by atoms with Gasteiger partial charge in [-0.25, -0.2) is 4.98 Å². The first-order chi connectivity index (χ1) is 32.7. The van der Waals surface area contributed by atoms with Gasteiger partial charge in [0.05, 0.1) is 28.0 Å². The number of fused-ring (bicyclic) bond motifs is 1. The fourth-order valence-corrected chi connectivity index (χ4v) is 9.26. The highest BCUT2D eigenvalue weighted by atomic mass is 16.3. The van der Waals surface area contributed by atoms with Crippen molar-refractivity contribution in [3.8, 4) is 78.6 Å². The van der Waals surface area contributed by atoms with Gasteiger partial charge < -0.3 is 5.11 Å². The summed E-state index contributed by atoms with van der Waals surface area (Å²) in [7, 11) is 0. The average molecular weight is 893 g/mol. The van der Waals surface area contributed by atoms with E-state index >= 15 is 0 Å². The molecule has 0 amide bonds. The van der Waals surface area contributed by atoms with Gasteiger partial charge in [0, 0.05) is 29.8 Å². The van der Waals surface area contributed by atoms with Crippen LogP contribution in [-0.4, -0.2) is 19.6 Å². The normalized spacial score (nSPS) is 12.7. The SMILES string of the molecule is [2H]C(C)(C)c1ccc(-c2ccnc(-c3cc(-c4ccccc4)cc(-c4cccc5c4nc(-c4cc(C(C)(C)C)cc(C(C)(C)C)c4O)n5-c4ccc(C(C)(C)CC)cc4-c4ccccc4)c3)c2)cc1. The third kappa shape index (κ3) is 8.93. The molecule has 0 aliphatic heterocycles. The van der Waals surface area contributed by atoms with Crippen LogP contribution in [0.5, 0.6) is 5.75 Å². The van der Waals surface area contributed by atoms with Crippen LogP contribution < -0.4 is 0 Å². The summed E-state index contributed by atoms with van der Waals surface area (Å²) in [6.07, 6.45) is 2.88. The number of benzene rings is 7. The summed E-state index contributed by atoms with van der Waals surface area (Å²) < 4.78 is 10.8. The molecule has 0 radical (unpaired) electrons. The Kier molecular flexibility index (Phi) is 11.8. The summed E-state index contributed by atoms with van der Waals surface area (Å²) in [5.74, 6) is 0.249. The molecule has 0 unspecified atom stereocenters. The Morgan fingerprint density at radius 2 is 1.18 bits per heavy atom. The van der Waals surface area contributed by atoms with Gasteiger partial charge in [-0.3, -0.25) is 9.55 Å². The number of phenolic OH excluding ortho intramolecular Hbond substituents is 1. The smallest absolute Gasteiger partial charge is 0.149 e. The van der Waals surface area contributed by atoms with Crippen LogP contribution >= 0.6 is 0 Å². The number of pyridine rings is 1. The Labute approximate surface area is 405 Å². The zero-order valence-corrected chi connectivity index (χ0v) is 41.7. The molecule has 9 rings (SSSR count). The fourth-order valence-electron chi connectivity index (χ4n) is 9.26. The molecule has 0 atom stereocenters. The van der Waals surface area contributed by atoms with Crippen molar-refractivity contribution in [1.82, 2.24) is 14.5 Å². The van der Waals surface area contributed by atoms with Crippen LogP contribution in [0.3, 0.4) is 0 Å². The predicted octanol–water partition coefficient (Wildman–Crippen LogP) is 17.5. The van der Waals surface area contributed by atoms with Gasteiger partial charge in [0.25, 0.3) is 0 Å². The van der Waals surface area contributed by atoms with Crippen molar-refractivity contribution in [3.63, 3.8) is 0 Å². The van der Waals surface area contributed by atoms with Crippen LogP contribution in [0.25, 0.3) is 83.9 Å². The minimum absolute atomic E-state index is 0.0458. The monoisotopic (exact) mass is 893 g/mol. The van der Waals surface area contributed by atoms with Crippen molar-refractivity contribution in [2.75, 3.05) is 0 Å². The lowest BCUT2D eigenvalue weighted by Gasteiger charge is -2.28. The highest BCUT2D eigenvalue weighted by Crippen LogP contribution is 2.46. The maximum Gasteiger partial charge on any atom is 0.149 e. The summed E-state index contributed by atoms with van der Waals surface area (Å²) in [4.78, 5) is 10.7. The molecule has 4 heteroatoms. The molecule has 68 heavy (non-hydrogen) atoms. The van der Waals surface area contributed by atoms with E-state index in [9.17, 15) is 5.11 Å². The topological polar surface area (TPSA) is 50.9 Å². The van der Waals surface area contributed by atoms with E-state index in [1.807, 2.05) is 20.0 Å². The van der Waals surface area contributed by atoms with E-state index in [0.717, 1.165) is 95.6 Å². The van der Waals surface area contributed by atoms with Gasteiger partial charge in [0.1, 0.15) is 11.6 Å². The van der Waals surface area contributed by atoms with E-state index in [1.54, 1.807) is 0 Å². The van der Waals surface area contributed by atoms with Gasteiger partial charge in [0.2, 0.25) is 0 Å². The highest BCUT2D eigenvalue weighted by molar-refractivity contribution is 5.98. The first kappa shape index (κ1) is 44.8. The van der Waals surface area contributed by atoms with E-state index in [-0.39, 0.29) is 22.0 Å². The number of imidazole rings is 1. The summed E-state index contributed by atoms with van der Waals surface area (Å²) in [6, 6.07) is 58.2. The van der Waals surface area contributed by atoms with Crippen molar-refractivity contribution >= 4 is 11.0 Å². The van der Waals surface area contributed by atoms with Crippen LogP contribution in [0.1, 0.15) is 112 Å². The van der Waals surface area contributed by atoms with Crippen LogP contribution in [-0.2, 0) is 16.2 Å². The van der Waals surface area contributed by atoms with Crippen LogP contribution in [0, 0.1) is 0 Å². The molecule has 0 saturated carbocycles. The number of aromatic hydroxyl groups is 1. The molecule has 0 saturated heterocycles. The lowest BCUT2D eigenvalue weighted by Crippen LogP contribution is -2.17. The van der Waals surface area contributed by atoms with Gasteiger partial charge in [-0.15, -0.1) is 0 Å². The zero-order chi connectivity index (χ0) is 49.0.